The molecular weight excluding hydrogens is 294 g/mol. The molecule has 130 valence electrons. The Balaban J connectivity index is 3.45. The molecule has 1 amide bonds. The molecule has 0 saturated carbocycles. The molecule has 0 saturated heterocycles. The van der Waals surface area contributed by atoms with Gasteiger partial charge in [0.05, 0.1) is 19.3 Å². The fourth-order valence-corrected chi connectivity index (χ4v) is 1.40. The van der Waals surface area contributed by atoms with Crippen LogP contribution >= 0.6 is 0 Å². The van der Waals surface area contributed by atoms with Gasteiger partial charge in [-0.15, -0.1) is 0 Å². The van der Waals surface area contributed by atoms with Gasteiger partial charge in [-0.2, -0.15) is 0 Å². The van der Waals surface area contributed by atoms with Crippen LogP contribution in [-0.2, 0) is 19.0 Å². The summed E-state index contributed by atoms with van der Waals surface area (Å²) >= 11 is 0. The summed E-state index contributed by atoms with van der Waals surface area (Å²) in [7, 11) is 0. The zero-order valence-electron chi connectivity index (χ0n) is 13.5. The van der Waals surface area contributed by atoms with Crippen LogP contribution in [-0.4, -0.2) is 67.0 Å². The van der Waals surface area contributed by atoms with Gasteiger partial charge in [-0.05, 0) is 33.6 Å². The van der Waals surface area contributed by atoms with Crippen molar-refractivity contribution in [2.24, 2.45) is 0 Å². The third kappa shape index (κ3) is 15.0. The molecule has 0 aromatic rings. The molecule has 0 aromatic heterocycles. The zero-order valence-corrected chi connectivity index (χ0v) is 13.5. The minimum atomic E-state index is -1.02. The molecule has 8 nitrogen and oxygen atoms in total. The highest BCUT2D eigenvalue weighted by molar-refractivity contribution is 5.68. The van der Waals surface area contributed by atoms with E-state index in [2.05, 4.69) is 5.32 Å². The summed E-state index contributed by atoms with van der Waals surface area (Å²) in [4.78, 5) is 21.5. The van der Waals surface area contributed by atoms with E-state index in [9.17, 15) is 14.7 Å². The van der Waals surface area contributed by atoms with E-state index in [0.29, 0.717) is 26.0 Å². The summed E-state index contributed by atoms with van der Waals surface area (Å²) in [6.07, 6.45) is -0.269. The number of aliphatic carboxylic acids is 1. The van der Waals surface area contributed by atoms with Gasteiger partial charge in [-0.25, -0.2) is 9.59 Å². The molecule has 0 aliphatic heterocycles. The van der Waals surface area contributed by atoms with E-state index in [1.165, 1.54) is 0 Å². The summed E-state index contributed by atoms with van der Waals surface area (Å²) < 4.78 is 15.0. The van der Waals surface area contributed by atoms with Gasteiger partial charge in [-0.3, -0.25) is 0 Å². The van der Waals surface area contributed by atoms with Crippen LogP contribution in [0.5, 0.6) is 0 Å². The zero-order chi connectivity index (χ0) is 17.0. The molecule has 8 heteroatoms. The molecule has 0 heterocycles. The summed E-state index contributed by atoms with van der Waals surface area (Å²) in [5.74, 6) is -1.02. The number of amides is 1. The molecule has 0 spiro atoms. The van der Waals surface area contributed by atoms with Crippen molar-refractivity contribution in [3.8, 4) is 0 Å². The Morgan fingerprint density at radius 2 is 1.73 bits per heavy atom. The molecule has 0 rings (SSSR count). The van der Waals surface area contributed by atoms with E-state index in [4.69, 9.17) is 19.3 Å². The number of aliphatic hydroxyl groups is 1. The molecule has 0 aromatic carbocycles. The maximum Gasteiger partial charge on any atom is 0.407 e. The molecule has 0 bridgehead atoms. The molecule has 22 heavy (non-hydrogen) atoms. The number of nitrogens with one attached hydrogen (secondary N) is 1. The minimum Gasteiger partial charge on any atom is -0.480 e. The third-order valence-corrected chi connectivity index (χ3v) is 2.34. The van der Waals surface area contributed by atoms with Crippen LogP contribution in [0.1, 0.15) is 33.6 Å². The normalized spacial score (nSPS) is 12.7. The fourth-order valence-electron chi connectivity index (χ4n) is 1.40. The number of ether oxygens (including phenoxy) is 3. The first-order valence-electron chi connectivity index (χ1n) is 7.23. The first-order chi connectivity index (χ1) is 10.2. The second-order valence-corrected chi connectivity index (χ2v) is 5.72. The molecule has 3 N–H and O–H groups in total. The number of alkyl carbamates (subject to hydrolysis) is 1. The molecular formula is C14H27NO7. The average Bonchev–Trinajstić information content (AvgIpc) is 2.35. The summed E-state index contributed by atoms with van der Waals surface area (Å²) in [5, 5.41) is 20.6. The lowest BCUT2D eigenvalue weighted by atomic mass is 10.2. The number of carboxylic acids is 1. The Morgan fingerprint density at radius 1 is 1.09 bits per heavy atom. The van der Waals surface area contributed by atoms with Crippen LogP contribution < -0.4 is 5.32 Å². The lowest BCUT2D eigenvalue weighted by Crippen LogP contribution is -2.34. The summed E-state index contributed by atoms with van der Waals surface area (Å²) in [6, 6.07) is 0. The van der Waals surface area contributed by atoms with Gasteiger partial charge in [0.2, 0.25) is 0 Å². The second kappa shape index (κ2) is 11.2. The van der Waals surface area contributed by atoms with Crippen LogP contribution in [0.15, 0.2) is 0 Å². The van der Waals surface area contributed by atoms with Gasteiger partial charge < -0.3 is 29.7 Å². The number of aliphatic hydroxyl groups excluding tert-OH is 1. The van der Waals surface area contributed by atoms with Crippen LogP contribution in [0.4, 0.5) is 4.79 Å². The van der Waals surface area contributed by atoms with Crippen molar-refractivity contribution in [2.75, 3.05) is 33.0 Å². The predicted octanol–water partition coefficient (Wildman–Crippen LogP) is 0.770. The van der Waals surface area contributed by atoms with Crippen molar-refractivity contribution in [2.45, 2.75) is 45.3 Å². The van der Waals surface area contributed by atoms with Crippen molar-refractivity contribution in [1.29, 1.82) is 0 Å². The van der Waals surface area contributed by atoms with E-state index >= 15 is 0 Å². The third-order valence-electron chi connectivity index (χ3n) is 2.34. The van der Waals surface area contributed by atoms with Gasteiger partial charge in [0.15, 0.2) is 0 Å². The van der Waals surface area contributed by atoms with E-state index in [0.717, 1.165) is 0 Å². The van der Waals surface area contributed by atoms with E-state index in [1.807, 2.05) is 0 Å². The number of hydrogen-bond acceptors (Lipinski definition) is 6. The van der Waals surface area contributed by atoms with Crippen LogP contribution in [0, 0.1) is 0 Å². The van der Waals surface area contributed by atoms with Crippen molar-refractivity contribution >= 4 is 12.1 Å². The highest BCUT2D eigenvalue weighted by Gasteiger charge is 2.15. The van der Waals surface area contributed by atoms with Gasteiger partial charge in [0, 0.05) is 13.2 Å². The standard InChI is InChI=1S/C14H27NO7/c1-14(2,3)22-13(19)15-6-4-11(16)5-7-20-8-9-21-10-12(17)18/h11,16H,4-10H2,1-3H3,(H,15,19)(H,17,18). The number of rotatable bonds is 11. The average molecular weight is 321 g/mol. The van der Waals surface area contributed by atoms with E-state index in [-0.39, 0.29) is 19.8 Å². The summed E-state index contributed by atoms with van der Waals surface area (Å²) in [6.45, 7) is 6.11. The first kappa shape index (κ1) is 20.6. The maximum atomic E-state index is 11.4. The number of carbonyl (C=O) groups is 2. The molecule has 0 fully saturated rings. The van der Waals surface area contributed by atoms with Gasteiger partial charge in [0.25, 0.3) is 0 Å². The summed E-state index contributed by atoms with van der Waals surface area (Å²) in [5.41, 5.74) is -0.542. The maximum absolute atomic E-state index is 11.4. The predicted molar refractivity (Wildman–Crippen MR) is 78.8 cm³/mol. The first-order valence-corrected chi connectivity index (χ1v) is 7.23. The number of carbonyl (C=O) groups excluding carboxylic acids is 1. The molecule has 0 aliphatic carbocycles. The SMILES string of the molecule is CC(C)(C)OC(=O)NCCC(O)CCOCCOCC(=O)O. The van der Waals surface area contributed by atoms with Crippen molar-refractivity contribution in [1.82, 2.24) is 5.32 Å². The molecule has 0 radical (unpaired) electrons. The quantitative estimate of drug-likeness (QED) is 0.481. The molecule has 1 atom stereocenters. The Kier molecular flexibility index (Phi) is 10.5. The lowest BCUT2D eigenvalue weighted by Gasteiger charge is -2.20. The van der Waals surface area contributed by atoms with Gasteiger partial charge in [-0.1, -0.05) is 0 Å². The monoisotopic (exact) mass is 321 g/mol. The Hall–Kier alpha value is -1.38. The smallest absolute Gasteiger partial charge is 0.407 e. The Morgan fingerprint density at radius 3 is 2.32 bits per heavy atom. The Labute approximate surface area is 130 Å². The van der Waals surface area contributed by atoms with Crippen LogP contribution in [0.3, 0.4) is 0 Å². The molecule has 1 unspecified atom stereocenters. The van der Waals surface area contributed by atoms with Crippen LogP contribution in [0.25, 0.3) is 0 Å². The molecule has 0 aliphatic rings. The van der Waals surface area contributed by atoms with Crippen molar-refractivity contribution in [3.63, 3.8) is 0 Å². The minimum absolute atomic E-state index is 0.197. The lowest BCUT2D eigenvalue weighted by molar-refractivity contribution is -0.142. The number of hydrogen-bond donors (Lipinski definition) is 3. The van der Waals surface area contributed by atoms with Crippen molar-refractivity contribution < 1.29 is 34.0 Å². The topological polar surface area (TPSA) is 114 Å². The largest absolute Gasteiger partial charge is 0.480 e. The Bertz CT molecular complexity index is 328. The van der Waals surface area contributed by atoms with E-state index in [1.54, 1.807) is 20.8 Å². The number of carboxylic acid groups (broad SMARTS) is 1. The highest BCUT2D eigenvalue weighted by atomic mass is 16.6. The van der Waals surface area contributed by atoms with Crippen LogP contribution in [0.2, 0.25) is 0 Å². The van der Waals surface area contributed by atoms with E-state index < -0.39 is 23.8 Å². The van der Waals surface area contributed by atoms with Gasteiger partial charge in [0.1, 0.15) is 12.2 Å². The highest BCUT2D eigenvalue weighted by Crippen LogP contribution is 2.06. The second-order valence-electron chi connectivity index (χ2n) is 5.72. The fraction of sp³-hybridized carbons (Fsp3) is 0.857. The van der Waals surface area contributed by atoms with Gasteiger partial charge >= 0.3 is 12.1 Å². The van der Waals surface area contributed by atoms with Crippen molar-refractivity contribution in [3.05, 3.63) is 0 Å².